The Balaban J connectivity index is 1.82. The predicted octanol–water partition coefficient (Wildman–Crippen LogP) is 1.14. The topological polar surface area (TPSA) is 29.6 Å². The zero-order valence-corrected chi connectivity index (χ0v) is 6.95. The van der Waals surface area contributed by atoms with Gasteiger partial charge in [0.1, 0.15) is 5.78 Å². The molecule has 1 saturated heterocycles. The first kappa shape index (κ1) is 6.14. The van der Waals surface area contributed by atoms with E-state index in [9.17, 15) is 4.79 Å². The van der Waals surface area contributed by atoms with E-state index in [1.807, 2.05) is 0 Å². The molecule has 2 heteroatoms. The van der Waals surface area contributed by atoms with E-state index in [1.54, 1.807) is 0 Å². The van der Waals surface area contributed by atoms with Gasteiger partial charge in [0.2, 0.25) is 0 Å². The van der Waals surface area contributed by atoms with Gasteiger partial charge in [0.25, 0.3) is 0 Å². The SMILES string of the molecule is O=C1CC2(CC2)C2CC1C1OC12. The van der Waals surface area contributed by atoms with Gasteiger partial charge < -0.3 is 4.74 Å². The predicted molar refractivity (Wildman–Crippen MR) is 41.5 cm³/mol. The summed E-state index contributed by atoms with van der Waals surface area (Å²) in [6.07, 6.45) is 5.50. The summed E-state index contributed by atoms with van der Waals surface area (Å²) in [7, 11) is 0. The lowest BCUT2D eigenvalue weighted by atomic mass is 9.75. The monoisotopic (exact) mass is 164 g/mol. The Morgan fingerprint density at radius 3 is 2.92 bits per heavy atom. The first-order valence-electron chi connectivity index (χ1n) is 4.98. The maximum Gasteiger partial charge on any atom is 0.139 e. The molecular weight excluding hydrogens is 152 g/mol. The first-order chi connectivity index (χ1) is 5.80. The lowest BCUT2D eigenvalue weighted by Gasteiger charge is -2.29. The van der Waals surface area contributed by atoms with Crippen LogP contribution in [0.15, 0.2) is 0 Å². The number of ether oxygens (including phenoxy) is 1. The minimum Gasteiger partial charge on any atom is -0.368 e. The molecule has 0 aromatic heterocycles. The molecule has 0 amide bonds. The highest BCUT2D eigenvalue weighted by atomic mass is 16.6. The van der Waals surface area contributed by atoms with Crippen LogP contribution in [0.3, 0.4) is 0 Å². The first-order valence-corrected chi connectivity index (χ1v) is 4.98. The van der Waals surface area contributed by atoms with E-state index in [-0.39, 0.29) is 0 Å². The van der Waals surface area contributed by atoms with Crippen LogP contribution in [0.25, 0.3) is 0 Å². The third-order valence-electron chi connectivity index (χ3n) is 4.48. The normalized spacial score (nSPS) is 57.2. The van der Waals surface area contributed by atoms with Crippen LogP contribution in [0.1, 0.15) is 25.7 Å². The number of rotatable bonds is 0. The van der Waals surface area contributed by atoms with Crippen LogP contribution in [-0.2, 0) is 9.53 Å². The summed E-state index contributed by atoms with van der Waals surface area (Å²) in [5, 5.41) is 0. The van der Waals surface area contributed by atoms with Crippen molar-refractivity contribution >= 4 is 5.78 Å². The van der Waals surface area contributed by atoms with Crippen molar-refractivity contribution in [1.82, 2.24) is 0 Å². The largest absolute Gasteiger partial charge is 0.368 e. The molecule has 64 valence electrons. The van der Waals surface area contributed by atoms with Crippen molar-refractivity contribution in [3.05, 3.63) is 0 Å². The average Bonchev–Trinajstić information content (AvgIpc) is 2.94. The highest BCUT2D eigenvalue weighted by molar-refractivity contribution is 5.85. The van der Waals surface area contributed by atoms with Gasteiger partial charge in [-0.25, -0.2) is 0 Å². The summed E-state index contributed by atoms with van der Waals surface area (Å²) < 4.78 is 5.55. The molecule has 4 rings (SSSR count). The van der Waals surface area contributed by atoms with Gasteiger partial charge in [-0.1, -0.05) is 0 Å². The van der Waals surface area contributed by atoms with Gasteiger partial charge in [-0.15, -0.1) is 0 Å². The summed E-state index contributed by atoms with van der Waals surface area (Å²) in [6, 6.07) is 0. The molecular formula is C10H12O2. The van der Waals surface area contributed by atoms with Crippen LogP contribution >= 0.6 is 0 Å². The minimum atomic E-state index is 0.311. The van der Waals surface area contributed by atoms with Crippen molar-refractivity contribution in [2.24, 2.45) is 17.3 Å². The Hall–Kier alpha value is -0.370. The van der Waals surface area contributed by atoms with Gasteiger partial charge in [-0.3, -0.25) is 4.79 Å². The molecule has 1 heterocycles. The molecule has 12 heavy (non-hydrogen) atoms. The van der Waals surface area contributed by atoms with Crippen LogP contribution in [0.2, 0.25) is 0 Å². The smallest absolute Gasteiger partial charge is 0.139 e. The highest BCUT2D eigenvalue weighted by Gasteiger charge is 2.70. The summed E-state index contributed by atoms with van der Waals surface area (Å²) in [4.78, 5) is 11.7. The molecule has 0 aromatic rings. The Morgan fingerprint density at radius 2 is 2.17 bits per heavy atom. The van der Waals surface area contributed by atoms with Crippen molar-refractivity contribution < 1.29 is 9.53 Å². The second-order valence-electron chi connectivity index (χ2n) is 5.02. The fourth-order valence-corrected chi connectivity index (χ4v) is 3.56. The number of carbonyl (C=O) groups excluding carboxylic acids is 1. The molecule has 2 bridgehead atoms. The van der Waals surface area contributed by atoms with Crippen LogP contribution in [0.4, 0.5) is 0 Å². The zero-order chi connectivity index (χ0) is 7.92. The molecule has 1 spiro atoms. The molecule has 4 aliphatic rings. The van der Waals surface area contributed by atoms with E-state index < -0.39 is 0 Å². The number of epoxide rings is 1. The number of ketones is 1. The van der Waals surface area contributed by atoms with Crippen molar-refractivity contribution in [1.29, 1.82) is 0 Å². The van der Waals surface area contributed by atoms with Crippen LogP contribution in [-0.4, -0.2) is 18.0 Å². The number of hydrogen-bond acceptors (Lipinski definition) is 2. The Bertz CT molecular complexity index is 280. The molecule has 4 atom stereocenters. The lowest BCUT2D eigenvalue weighted by molar-refractivity contribution is -0.128. The summed E-state index contributed by atoms with van der Waals surface area (Å²) in [5.74, 6) is 1.59. The fraction of sp³-hybridized carbons (Fsp3) is 0.900. The summed E-state index contributed by atoms with van der Waals surface area (Å²) in [6.45, 7) is 0. The number of fused-ring (bicyclic) bond motifs is 6. The Kier molecular flexibility index (Phi) is 0.768. The quantitative estimate of drug-likeness (QED) is 0.502. The molecule has 1 aliphatic heterocycles. The molecule has 4 fully saturated rings. The van der Waals surface area contributed by atoms with E-state index in [0.29, 0.717) is 29.3 Å². The van der Waals surface area contributed by atoms with E-state index in [2.05, 4.69) is 0 Å². The van der Waals surface area contributed by atoms with E-state index >= 15 is 0 Å². The number of carbonyl (C=O) groups is 1. The lowest BCUT2D eigenvalue weighted by Crippen LogP contribution is -2.31. The average molecular weight is 164 g/mol. The van der Waals surface area contributed by atoms with Crippen molar-refractivity contribution in [3.8, 4) is 0 Å². The van der Waals surface area contributed by atoms with Gasteiger partial charge in [0, 0.05) is 12.3 Å². The maximum atomic E-state index is 11.7. The Morgan fingerprint density at radius 1 is 1.33 bits per heavy atom. The summed E-state index contributed by atoms with van der Waals surface area (Å²) in [5.41, 5.74) is 0.448. The molecule has 3 aliphatic carbocycles. The van der Waals surface area contributed by atoms with Crippen molar-refractivity contribution in [2.75, 3.05) is 0 Å². The van der Waals surface area contributed by atoms with E-state index in [0.717, 1.165) is 18.8 Å². The fourth-order valence-electron chi connectivity index (χ4n) is 3.56. The number of Topliss-reactive ketones (excluding diaryl/α,β-unsaturated/α-hetero) is 1. The van der Waals surface area contributed by atoms with Gasteiger partial charge in [-0.2, -0.15) is 0 Å². The molecule has 4 unspecified atom stereocenters. The van der Waals surface area contributed by atoms with Gasteiger partial charge in [0.05, 0.1) is 12.2 Å². The van der Waals surface area contributed by atoms with Crippen molar-refractivity contribution in [2.45, 2.75) is 37.9 Å². The number of hydrogen-bond donors (Lipinski definition) is 0. The van der Waals surface area contributed by atoms with Gasteiger partial charge in [0.15, 0.2) is 0 Å². The summed E-state index contributed by atoms with van der Waals surface area (Å²) >= 11 is 0. The van der Waals surface area contributed by atoms with Gasteiger partial charge in [-0.05, 0) is 30.6 Å². The maximum absolute atomic E-state index is 11.7. The van der Waals surface area contributed by atoms with Crippen LogP contribution in [0, 0.1) is 17.3 Å². The van der Waals surface area contributed by atoms with E-state index in [1.165, 1.54) is 12.8 Å². The third-order valence-corrected chi connectivity index (χ3v) is 4.48. The molecule has 0 radical (unpaired) electrons. The van der Waals surface area contributed by atoms with Gasteiger partial charge >= 0.3 is 0 Å². The molecule has 3 saturated carbocycles. The second kappa shape index (κ2) is 1.50. The van der Waals surface area contributed by atoms with Crippen LogP contribution in [0.5, 0.6) is 0 Å². The minimum absolute atomic E-state index is 0.311. The molecule has 2 nitrogen and oxygen atoms in total. The molecule has 0 N–H and O–H groups in total. The van der Waals surface area contributed by atoms with Crippen LogP contribution < -0.4 is 0 Å². The zero-order valence-electron chi connectivity index (χ0n) is 6.95. The molecule has 0 aromatic carbocycles. The third kappa shape index (κ3) is 0.506. The highest BCUT2D eigenvalue weighted by Crippen LogP contribution is 2.68. The van der Waals surface area contributed by atoms with Crippen molar-refractivity contribution in [3.63, 3.8) is 0 Å². The standard InChI is InChI=1S/C10H12O2/c11-7-4-10(1-2-10)6-3-5(7)8-9(6)12-8/h5-6,8-9H,1-4H2. The second-order valence-corrected chi connectivity index (χ2v) is 5.02. The Labute approximate surface area is 71.3 Å². The van der Waals surface area contributed by atoms with E-state index in [4.69, 9.17) is 4.74 Å².